The lowest BCUT2D eigenvalue weighted by Gasteiger charge is -2.22. The summed E-state index contributed by atoms with van der Waals surface area (Å²) in [5.74, 6) is 0.419. The van der Waals surface area contributed by atoms with Crippen LogP contribution in [0.1, 0.15) is 35.8 Å². The number of esters is 1. The van der Waals surface area contributed by atoms with E-state index in [1.54, 1.807) is 34.5 Å². The summed E-state index contributed by atoms with van der Waals surface area (Å²) in [6.07, 6.45) is 0.863. The molecule has 146 valence electrons. The van der Waals surface area contributed by atoms with Crippen molar-refractivity contribution in [1.82, 2.24) is 9.88 Å². The van der Waals surface area contributed by atoms with Crippen molar-refractivity contribution in [2.75, 3.05) is 20.3 Å². The van der Waals surface area contributed by atoms with E-state index in [1.165, 1.54) is 18.4 Å². The van der Waals surface area contributed by atoms with Gasteiger partial charge in [0.05, 0.1) is 13.7 Å². The highest BCUT2D eigenvalue weighted by Crippen LogP contribution is 2.17. The summed E-state index contributed by atoms with van der Waals surface area (Å²) in [7, 11) is 1.31. The Morgan fingerprint density at radius 3 is 2.59 bits per heavy atom. The molecular formula is C19H23ClN2O4S. The van der Waals surface area contributed by atoms with Crippen LogP contribution in [-0.2, 0) is 16.1 Å². The Hall–Kier alpha value is -2.12. The van der Waals surface area contributed by atoms with Crippen LogP contribution in [0.2, 0.25) is 5.02 Å². The van der Waals surface area contributed by atoms with E-state index in [0.29, 0.717) is 34.8 Å². The Morgan fingerprint density at radius 2 is 1.96 bits per heavy atom. The number of aromatic nitrogens is 1. The lowest BCUT2D eigenvalue weighted by atomic mass is 10.1. The topological polar surface area (TPSA) is 68.7 Å². The number of nitrogens with zero attached hydrogens (tertiary/aromatic N) is 2. The SMILES string of the molecule is COC(=O)c1csc(CN(CCC(C)C)C(=O)COc2ccc(Cl)cc2)n1. The molecule has 6 nitrogen and oxygen atoms in total. The number of rotatable bonds is 9. The Morgan fingerprint density at radius 1 is 1.26 bits per heavy atom. The first-order valence-electron chi connectivity index (χ1n) is 8.58. The number of methoxy groups -OCH3 is 1. The number of carbonyl (C=O) groups is 2. The summed E-state index contributed by atoms with van der Waals surface area (Å²) < 4.78 is 10.2. The first-order chi connectivity index (χ1) is 12.9. The maximum atomic E-state index is 12.7. The molecule has 0 radical (unpaired) electrons. The first kappa shape index (κ1) is 21.2. The number of ether oxygens (including phenoxy) is 2. The molecule has 0 spiro atoms. The van der Waals surface area contributed by atoms with Gasteiger partial charge in [-0.15, -0.1) is 11.3 Å². The third kappa shape index (κ3) is 6.84. The molecule has 0 bridgehead atoms. The van der Waals surface area contributed by atoms with Crippen LogP contribution in [0.25, 0.3) is 0 Å². The summed E-state index contributed by atoms with van der Waals surface area (Å²) in [4.78, 5) is 30.2. The number of halogens is 1. The van der Waals surface area contributed by atoms with Crippen molar-refractivity contribution in [3.63, 3.8) is 0 Å². The standard InChI is InChI=1S/C19H23ClN2O4S/c1-13(2)8-9-22(10-17-21-16(12-27-17)19(24)25-3)18(23)11-26-15-6-4-14(20)5-7-15/h4-7,12-13H,8-11H2,1-3H3. The summed E-state index contributed by atoms with van der Waals surface area (Å²) in [6.45, 7) is 5.05. The highest BCUT2D eigenvalue weighted by atomic mass is 35.5. The number of hydrogen-bond donors (Lipinski definition) is 0. The van der Waals surface area contributed by atoms with Gasteiger partial charge in [-0.25, -0.2) is 9.78 Å². The maximum Gasteiger partial charge on any atom is 0.357 e. The van der Waals surface area contributed by atoms with Crippen molar-refractivity contribution >= 4 is 34.8 Å². The molecule has 1 heterocycles. The van der Waals surface area contributed by atoms with Gasteiger partial charge in [-0.2, -0.15) is 0 Å². The van der Waals surface area contributed by atoms with E-state index >= 15 is 0 Å². The number of amides is 1. The Balaban J connectivity index is 2.01. The molecule has 8 heteroatoms. The maximum absolute atomic E-state index is 12.7. The van der Waals surface area contributed by atoms with Crippen molar-refractivity contribution in [1.29, 1.82) is 0 Å². The van der Waals surface area contributed by atoms with Crippen LogP contribution in [0, 0.1) is 5.92 Å². The molecule has 0 fully saturated rings. The molecule has 0 saturated heterocycles. The monoisotopic (exact) mass is 410 g/mol. The number of thiazole rings is 1. The predicted molar refractivity (Wildman–Crippen MR) is 105 cm³/mol. The van der Waals surface area contributed by atoms with Crippen LogP contribution in [0.5, 0.6) is 5.75 Å². The van der Waals surface area contributed by atoms with Gasteiger partial charge in [0.1, 0.15) is 10.8 Å². The number of hydrogen-bond acceptors (Lipinski definition) is 6. The van der Waals surface area contributed by atoms with Gasteiger partial charge in [0.2, 0.25) is 0 Å². The molecule has 0 N–H and O–H groups in total. The summed E-state index contributed by atoms with van der Waals surface area (Å²) in [5.41, 5.74) is 0.256. The number of benzene rings is 1. The minimum atomic E-state index is -0.483. The molecule has 0 aliphatic heterocycles. The molecular weight excluding hydrogens is 388 g/mol. The summed E-state index contributed by atoms with van der Waals surface area (Å²) in [6, 6.07) is 6.86. The highest BCUT2D eigenvalue weighted by Gasteiger charge is 2.18. The van der Waals surface area contributed by atoms with Gasteiger partial charge in [-0.05, 0) is 36.6 Å². The fraction of sp³-hybridized carbons (Fsp3) is 0.421. The van der Waals surface area contributed by atoms with Gasteiger partial charge < -0.3 is 14.4 Å². The highest BCUT2D eigenvalue weighted by molar-refractivity contribution is 7.09. The van der Waals surface area contributed by atoms with Crippen molar-refractivity contribution in [2.45, 2.75) is 26.8 Å². The zero-order chi connectivity index (χ0) is 19.8. The second-order valence-electron chi connectivity index (χ2n) is 6.36. The van der Waals surface area contributed by atoms with Gasteiger partial charge in [0.25, 0.3) is 5.91 Å². The smallest absolute Gasteiger partial charge is 0.357 e. The molecule has 0 atom stereocenters. The first-order valence-corrected chi connectivity index (χ1v) is 9.83. The molecule has 0 saturated carbocycles. The summed E-state index contributed by atoms with van der Waals surface area (Å²) in [5, 5.41) is 2.92. The third-order valence-electron chi connectivity index (χ3n) is 3.78. The van der Waals surface area contributed by atoms with E-state index in [4.69, 9.17) is 16.3 Å². The van der Waals surface area contributed by atoms with Crippen molar-refractivity contribution < 1.29 is 19.1 Å². The molecule has 1 amide bonds. The van der Waals surface area contributed by atoms with Gasteiger partial charge in [0.15, 0.2) is 12.3 Å². The molecule has 0 aliphatic carbocycles. The fourth-order valence-electron chi connectivity index (χ4n) is 2.22. The minimum absolute atomic E-state index is 0.0744. The molecule has 0 aliphatic rings. The van der Waals surface area contributed by atoms with Crippen LogP contribution < -0.4 is 4.74 Å². The second kappa shape index (κ2) is 10.3. The van der Waals surface area contributed by atoms with Crippen LogP contribution in [0.15, 0.2) is 29.6 Å². The zero-order valence-electron chi connectivity index (χ0n) is 15.6. The van der Waals surface area contributed by atoms with E-state index in [2.05, 4.69) is 23.6 Å². The quantitative estimate of drug-likeness (QED) is 0.583. The third-order valence-corrected chi connectivity index (χ3v) is 4.86. The van der Waals surface area contributed by atoms with Crippen molar-refractivity contribution in [2.24, 2.45) is 5.92 Å². The molecule has 0 unspecified atom stereocenters. The Kier molecular flexibility index (Phi) is 8.06. The molecule has 2 rings (SSSR count). The van der Waals surface area contributed by atoms with E-state index in [1.807, 2.05) is 0 Å². The van der Waals surface area contributed by atoms with Gasteiger partial charge in [-0.1, -0.05) is 25.4 Å². The lowest BCUT2D eigenvalue weighted by Crippen LogP contribution is -2.35. The van der Waals surface area contributed by atoms with Crippen molar-refractivity contribution in [3.8, 4) is 5.75 Å². The van der Waals surface area contributed by atoms with Gasteiger partial charge >= 0.3 is 5.97 Å². The fourth-order valence-corrected chi connectivity index (χ4v) is 3.12. The minimum Gasteiger partial charge on any atom is -0.484 e. The Labute approximate surface area is 168 Å². The van der Waals surface area contributed by atoms with E-state index in [0.717, 1.165) is 6.42 Å². The zero-order valence-corrected chi connectivity index (χ0v) is 17.2. The molecule has 2 aromatic rings. The average Bonchev–Trinajstić information content (AvgIpc) is 3.12. The van der Waals surface area contributed by atoms with Crippen LogP contribution in [0.3, 0.4) is 0 Å². The predicted octanol–water partition coefficient (Wildman–Crippen LogP) is 4.04. The van der Waals surface area contributed by atoms with Crippen LogP contribution >= 0.6 is 22.9 Å². The number of carbonyl (C=O) groups excluding carboxylic acids is 2. The van der Waals surface area contributed by atoms with E-state index < -0.39 is 5.97 Å². The van der Waals surface area contributed by atoms with Crippen LogP contribution in [-0.4, -0.2) is 42.0 Å². The Bertz CT molecular complexity index is 761. The second-order valence-corrected chi connectivity index (χ2v) is 7.74. The lowest BCUT2D eigenvalue weighted by molar-refractivity contribution is -0.134. The average molecular weight is 411 g/mol. The van der Waals surface area contributed by atoms with Gasteiger partial charge in [-0.3, -0.25) is 4.79 Å². The molecule has 1 aromatic heterocycles. The van der Waals surface area contributed by atoms with Crippen molar-refractivity contribution in [3.05, 3.63) is 45.4 Å². The van der Waals surface area contributed by atoms with E-state index in [-0.39, 0.29) is 18.2 Å². The van der Waals surface area contributed by atoms with E-state index in [9.17, 15) is 9.59 Å². The largest absolute Gasteiger partial charge is 0.484 e. The normalized spacial score (nSPS) is 10.7. The molecule has 27 heavy (non-hydrogen) atoms. The molecule has 1 aromatic carbocycles. The van der Waals surface area contributed by atoms with Gasteiger partial charge in [0, 0.05) is 16.9 Å². The van der Waals surface area contributed by atoms with Crippen LogP contribution in [0.4, 0.5) is 0 Å². The summed E-state index contributed by atoms with van der Waals surface area (Å²) >= 11 is 7.18.